The second-order valence-corrected chi connectivity index (χ2v) is 4.31. The van der Waals surface area contributed by atoms with Gasteiger partial charge in [0, 0.05) is 19.4 Å². The van der Waals surface area contributed by atoms with Gasteiger partial charge in [-0.3, -0.25) is 0 Å². The van der Waals surface area contributed by atoms with Crippen molar-refractivity contribution < 1.29 is 41.0 Å². The maximum atomic E-state index is 2.12. The van der Waals surface area contributed by atoms with Crippen LogP contribution in [0, 0.1) is 0 Å². The van der Waals surface area contributed by atoms with Gasteiger partial charge in [-0.25, -0.2) is 12.1 Å². The molecule has 0 bridgehead atoms. The largest absolute Gasteiger partial charge is 2.00 e. The minimum atomic E-state index is 0. The fourth-order valence-corrected chi connectivity index (χ4v) is 1.64. The van der Waals surface area contributed by atoms with E-state index in [0.29, 0.717) is 0 Å². The Balaban J connectivity index is 0.000000491. The standard InChI is InChI=1S/C13H13N.C5H5.Fe.HI/c1-14-10-8-13(9-11-14)7-6-12-4-2-3-5-12;1-2-4-5-3-1;;/h2-11H,1H3;1-5H;;1H/q;-1;+2;/p-1. The van der Waals surface area contributed by atoms with E-state index in [1.165, 1.54) is 11.1 Å². The van der Waals surface area contributed by atoms with Gasteiger partial charge in [-0.1, -0.05) is 36.5 Å². The third-order valence-corrected chi connectivity index (χ3v) is 2.72. The second-order valence-electron chi connectivity index (χ2n) is 4.31. The first-order valence-electron chi connectivity index (χ1n) is 6.36. The molecule has 21 heavy (non-hydrogen) atoms. The first-order chi connectivity index (χ1) is 9.34. The summed E-state index contributed by atoms with van der Waals surface area (Å²) in [6.07, 6.45) is 20.8. The topological polar surface area (TPSA) is 3.24 Å². The molecule has 0 saturated carbocycles. The Morgan fingerprint density at radius 3 is 1.76 bits per heavy atom. The summed E-state index contributed by atoms with van der Waals surface area (Å²) in [5, 5.41) is 0. The van der Waals surface area contributed by atoms with Crippen LogP contribution in [0.1, 0.15) is 0 Å². The maximum Gasteiger partial charge on any atom is 2.00 e. The molecule has 0 saturated heterocycles. The quantitative estimate of drug-likeness (QED) is 0.369. The Labute approximate surface area is 155 Å². The van der Waals surface area contributed by atoms with Crippen molar-refractivity contribution >= 4 is 0 Å². The van der Waals surface area contributed by atoms with Gasteiger partial charge in [0.1, 0.15) is 0 Å². The molecule has 3 rings (SSSR count). The van der Waals surface area contributed by atoms with Gasteiger partial charge in [-0.05, 0) is 23.3 Å². The van der Waals surface area contributed by atoms with Gasteiger partial charge in [0.25, 0.3) is 0 Å². The molecule has 2 aliphatic rings. The monoisotopic (exact) mass is 431 g/mol. The molecule has 0 fully saturated rings. The van der Waals surface area contributed by atoms with Gasteiger partial charge in [0.2, 0.25) is 0 Å². The van der Waals surface area contributed by atoms with E-state index in [1.807, 2.05) is 66.8 Å². The number of hydrogen-bond donors (Lipinski definition) is 0. The van der Waals surface area contributed by atoms with Crippen LogP contribution in [0.3, 0.4) is 0 Å². The van der Waals surface area contributed by atoms with Gasteiger partial charge in [-0.2, -0.15) is 18.2 Å². The van der Waals surface area contributed by atoms with Gasteiger partial charge in [0.05, 0.1) is 0 Å². The van der Waals surface area contributed by atoms with Crippen molar-refractivity contribution in [2.24, 2.45) is 0 Å². The molecule has 1 aromatic rings. The van der Waals surface area contributed by atoms with Crippen LogP contribution in [-0.4, -0.2) is 11.9 Å². The van der Waals surface area contributed by atoms with Crippen LogP contribution >= 0.6 is 0 Å². The van der Waals surface area contributed by atoms with E-state index in [0.717, 1.165) is 0 Å². The molecular weight excluding hydrogens is 413 g/mol. The molecular formula is C18H18FeIN. The maximum absolute atomic E-state index is 2.12. The second kappa shape index (κ2) is 11.5. The summed E-state index contributed by atoms with van der Waals surface area (Å²) < 4.78 is 0. The van der Waals surface area contributed by atoms with Crippen LogP contribution in [0.5, 0.6) is 0 Å². The SMILES string of the molecule is CN1C=CC(=CC=C2C=CC=C2)C=C1.[Fe+2].[I-].c1cc[cH-]c1. The third kappa shape index (κ3) is 8.00. The van der Waals surface area contributed by atoms with Gasteiger partial charge < -0.3 is 28.9 Å². The molecule has 1 aliphatic heterocycles. The van der Waals surface area contributed by atoms with Crippen molar-refractivity contribution in [3.63, 3.8) is 0 Å². The van der Waals surface area contributed by atoms with E-state index < -0.39 is 0 Å². The van der Waals surface area contributed by atoms with Crippen LogP contribution in [0.4, 0.5) is 0 Å². The van der Waals surface area contributed by atoms with E-state index in [2.05, 4.69) is 36.5 Å². The Hall–Kier alpha value is -1.16. The van der Waals surface area contributed by atoms with Crippen molar-refractivity contribution in [2.45, 2.75) is 0 Å². The summed E-state index contributed by atoms with van der Waals surface area (Å²) in [5.41, 5.74) is 2.47. The average Bonchev–Trinajstić information content (AvgIpc) is 3.14. The zero-order valence-corrected chi connectivity index (χ0v) is 15.1. The van der Waals surface area contributed by atoms with Crippen molar-refractivity contribution in [1.82, 2.24) is 4.90 Å². The molecule has 0 amide bonds. The summed E-state index contributed by atoms with van der Waals surface area (Å²) in [6.45, 7) is 0. The Morgan fingerprint density at radius 2 is 1.33 bits per heavy atom. The summed E-state index contributed by atoms with van der Waals surface area (Å²) in [4.78, 5) is 2.03. The van der Waals surface area contributed by atoms with Crippen molar-refractivity contribution in [2.75, 3.05) is 7.05 Å². The van der Waals surface area contributed by atoms with Gasteiger partial charge in [-0.15, -0.1) is 0 Å². The predicted octanol–water partition coefficient (Wildman–Crippen LogP) is 1.34. The summed E-state index contributed by atoms with van der Waals surface area (Å²) in [6, 6.07) is 10.0. The first kappa shape index (κ1) is 19.8. The molecule has 1 aliphatic carbocycles. The molecule has 0 aromatic heterocycles. The minimum Gasteiger partial charge on any atom is -1.00 e. The predicted molar refractivity (Wildman–Crippen MR) is 82.5 cm³/mol. The van der Waals surface area contributed by atoms with Crippen LogP contribution in [-0.2, 0) is 17.1 Å². The summed E-state index contributed by atoms with van der Waals surface area (Å²) in [7, 11) is 2.02. The van der Waals surface area contributed by atoms with Crippen LogP contribution < -0.4 is 24.0 Å². The molecule has 0 unspecified atom stereocenters. The van der Waals surface area contributed by atoms with E-state index in [-0.39, 0.29) is 41.0 Å². The number of halogens is 1. The molecule has 0 atom stereocenters. The molecule has 1 aromatic carbocycles. The molecule has 0 spiro atoms. The molecule has 110 valence electrons. The summed E-state index contributed by atoms with van der Waals surface area (Å²) in [5.74, 6) is 0. The van der Waals surface area contributed by atoms with Crippen LogP contribution in [0.15, 0.2) is 102 Å². The molecule has 0 N–H and O–H groups in total. The number of hydrogen-bond acceptors (Lipinski definition) is 1. The molecule has 0 radical (unpaired) electrons. The van der Waals surface area contributed by atoms with E-state index in [4.69, 9.17) is 0 Å². The van der Waals surface area contributed by atoms with E-state index in [1.54, 1.807) is 0 Å². The zero-order valence-electron chi connectivity index (χ0n) is 11.8. The minimum absolute atomic E-state index is 0. The van der Waals surface area contributed by atoms with Crippen molar-refractivity contribution in [3.8, 4) is 0 Å². The summed E-state index contributed by atoms with van der Waals surface area (Å²) >= 11 is 0. The fraction of sp³-hybridized carbons (Fsp3) is 0.0556. The van der Waals surface area contributed by atoms with Crippen LogP contribution in [0.25, 0.3) is 0 Å². The average molecular weight is 431 g/mol. The van der Waals surface area contributed by atoms with Gasteiger partial charge >= 0.3 is 17.1 Å². The molecule has 3 heteroatoms. The zero-order chi connectivity index (χ0) is 13.3. The number of rotatable bonds is 1. The van der Waals surface area contributed by atoms with E-state index >= 15 is 0 Å². The van der Waals surface area contributed by atoms with Crippen molar-refractivity contribution in [3.05, 3.63) is 102 Å². The Bertz CT molecular complexity index is 513. The van der Waals surface area contributed by atoms with E-state index in [9.17, 15) is 0 Å². The Morgan fingerprint density at radius 1 is 0.857 bits per heavy atom. The van der Waals surface area contributed by atoms with Crippen molar-refractivity contribution in [1.29, 1.82) is 0 Å². The van der Waals surface area contributed by atoms with Crippen LogP contribution in [0.2, 0.25) is 0 Å². The molecule has 1 nitrogen and oxygen atoms in total. The smallest absolute Gasteiger partial charge is 1.00 e. The Kier molecular flexibility index (Phi) is 10.9. The number of nitrogens with zero attached hydrogens (tertiary/aromatic N) is 1. The fourth-order valence-electron chi connectivity index (χ4n) is 1.64. The normalized spacial score (nSPS) is 14.0. The molecule has 1 heterocycles. The third-order valence-electron chi connectivity index (χ3n) is 2.72. The van der Waals surface area contributed by atoms with Gasteiger partial charge in [0.15, 0.2) is 0 Å². The first-order valence-corrected chi connectivity index (χ1v) is 6.36. The number of allylic oxidation sites excluding steroid dienone is 10.